The first-order chi connectivity index (χ1) is 8.58. The Hall–Kier alpha value is -2.31. The fourth-order valence-corrected chi connectivity index (χ4v) is 1.62. The molecule has 7 heteroatoms. The number of aryl methyl sites for hydroxylation is 2. The monoisotopic (exact) mass is 248 g/mol. The topological polar surface area (TPSA) is 90.8 Å². The molecule has 0 aliphatic rings. The van der Waals surface area contributed by atoms with Crippen molar-refractivity contribution < 1.29 is 4.79 Å². The lowest BCUT2D eigenvalue weighted by atomic mass is 10.4. The van der Waals surface area contributed by atoms with Crippen LogP contribution in [-0.2, 0) is 17.9 Å². The van der Waals surface area contributed by atoms with Gasteiger partial charge in [0.05, 0.1) is 0 Å². The van der Waals surface area contributed by atoms with Crippen molar-refractivity contribution in [2.24, 2.45) is 0 Å². The second kappa shape index (κ2) is 4.91. The van der Waals surface area contributed by atoms with E-state index < -0.39 is 0 Å². The molecule has 0 unspecified atom stereocenters. The van der Waals surface area contributed by atoms with E-state index in [-0.39, 0.29) is 12.5 Å². The zero-order valence-corrected chi connectivity index (χ0v) is 10.4. The van der Waals surface area contributed by atoms with Gasteiger partial charge in [-0.3, -0.25) is 14.2 Å². The van der Waals surface area contributed by atoms with Crippen LogP contribution in [0.2, 0.25) is 0 Å². The van der Waals surface area contributed by atoms with Crippen LogP contribution in [0.4, 0.5) is 11.6 Å². The van der Waals surface area contributed by atoms with Crippen molar-refractivity contribution >= 4 is 17.5 Å². The SMILES string of the molecule is CCn1ccc(NC(=O)Cn2nc(N)cc2C)n1. The molecule has 0 fully saturated rings. The Balaban J connectivity index is 1.98. The molecule has 0 radical (unpaired) electrons. The molecule has 3 N–H and O–H groups in total. The molecular formula is C11H16N6O. The van der Waals surface area contributed by atoms with Gasteiger partial charge in [-0.1, -0.05) is 0 Å². The van der Waals surface area contributed by atoms with E-state index in [1.165, 1.54) is 0 Å². The predicted octanol–water partition coefficient (Wildman–Crippen LogP) is 0.629. The summed E-state index contributed by atoms with van der Waals surface area (Å²) in [6.07, 6.45) is 1.81. The zero-order chi connectivity index (χ0) is 13.1. The molecule has 0 saturated carbocycles. The lowest BCUT2D eigenvalue weighted by molar-refractivity contribution is -0.117. The van der Waals surface area contributed by atoms with E-state index in [1.54, 1.807) is 21.5 Å². The summed E-state index contributed by atoms with van der Waals surface area (Å²) in [5.74, 6) is 0.776. The number of hydrogen-bond acceptors (Lipinski definition) is 4. The number of nitrogens with one attached hydrogen (secondary N) is 1. The predicted molar refractivity (Wildman–Crippen MR) is 67.9 cm³/mol. The first kappa shape index (κ1) is 12.2. The Kier molecular flexibility index (Phi) is 3.31. The molecule has 0 saturated heterocycles. The number of hydrogen-bond donors (Lipinski definition) is 2. The number of anilines is 2. The lowest BCUT2D eigenvalue weighted by Gasteiger charge is -2.04. The van der Waals surface area contributed by atoms with Crippen molar-refractivity contribution in [2.75, 3.05) is 11.1 Å². The molecule has 2 aromatic rings. The van der Waals surface area contributed by atoms with Gasteiger partial charge in [0.1, 0.15) is 12.4 Å². The van der Waals surface area contributed by atoms with Gasteiger partial charge in [0.15, 0.2) is 5.82 Å². The number of aromatic nitrogens is 4. The van der Waals surface area contributed by atoms with Gasteiger partial charge in [0.2, 0.25) is 5.91 Å². The minimum atomic E-state index is -0.178. The van der Waals surface area contributed by atoms with Crippen molar-refractivity contribution in [3.8, 4) is 0 Å². The van der Waals surface area contributed by atoms with Crippen molar-refractivity contribution in [1.29, 1.82) is 0 Å². The Labute approximate surface area is 105 Å². The summed E-state index contributed by atoms with van der Waals surface area (Å²) in [7, 11) is 0. The first-order valence-electron chi connectivity index (χ1n) is 5.71. The number of amides is 1. The molecular weight excluding hydrogens is 232 g/mol. The molecule has 2 rings (SSSR count). The fourth-order valence-electron chi connectivity index (χ4n) is 1.62. The second-order valence-corrected chi connectivity index (χ2v) is 3.97. The van der Waals surface area contributed by atoms with Gasteiger partial charge >= 0.3 is 0 Å². The smallest absolute Gasteiger partial charge is 0.247 e. The Bertz CT molecular complexity index is 556. The molecule has 0 aliphatic heterocycles. The van der Waals surface area contributed by atoms with Gasteiger partial charge < -0.3 is 11.1 Å². The summed E-state index contributed by atoms with van der Waals surface area (Å²) in [5, 5.41) is 10.9. The highest BCUT2D eigenvalue weighted by atomic mass is 16.2. The fraction of sp³-hybridized carbons (Fsp3) is 0.364. The van der Waals surface area contributed by atoms with E-state index in [0.717, 1.165) is 12.2 Å². The maximum absolute atomic E-state index is 11.8. The van der Waals surface area contributed by atoms with Crippen LogP contribution in [0.25, 0.3) is 0 Å². The largest absolute Gasteiger partial charge is 0.382 e. The summed E-state index contributed by atoms with van der Waals surface area (Å²) >= 11 is 0. The number of carbonyl (C=O) groups is 1. The standard InChI is InChI=1S/C11H16N6O/c1-3-16-5-4-10(15-16)13-11(18)7-17-8(2)6-9(12)14-17/h4-6H,3,7H2,1-2H3,(H2,12,14)(H,13,15,18). The molecule has 0 aromatic carbocycles. The van der Waals surface area contributed by atoms with Crippen molar-refractivity contribution in [1.82, 2.24) is 19.6 Å². The molecule has 2 aromatic heterocycles. The highest BCUT2D eigenvalue weighted by Gasteiger charge is 2.08. The van der Waals surface area contributed by atoms with Crippen LogP contribution in [0.3, 0.4) is 0 Å². The van der Waals surface area contributed by atoms with Gasteiger partial charge in [-0.05, 0) is 13.8 Å². The normalized spacial score (nSPS) is 10.6. The van der Waals surface area contributed by atoms with Gasteiger partial charge in [-0.2, -0.15) is 10.2 Å². The maximum Gasteiger partial charge on any atom is 0.247 e. The molecule has 18 heavy (non-hydrogen) atoms. The minimum Gasteiger partial charge on any atom is -0.382 e. The lowest BCUT2D eigenvalue weighted by Crippen LogP contribution is -2.20. The summed E-state index contributed by atoms with van der Waals surface area (Å²) in [4.78, 5) is 11.8. The van der Waals surface area contributed by atoms with E-state index >= 15 is 0 Å². The quantitative estimate of drug-likeness (QED) is 0.830. The summed E-state index contributed by atoms with van der Waals surface area (Å²) in [5.41, 5.74) is 6.40. The van der Waals surface area contributed by atoms with Crippen molar-refractivity contribution in [2.45, 2.75) is 26.9 Å². The number of nitrogen functional groups attached to an aromatic ring is 1. The van der Waals surface area contributed by atoms with Crippen LogP contribution in [-0.4, -0.2) is 25.5 Å². The third kappa shape index (κ3) is 2.68. The Morgan fingerprint density at radius 1 is 1.50 bits per heavy atom. The number of carbonyl (C=O) groups excluding carboxylic acids is 1. The number of rotatable bonds is 4. The van der Waals surface area contributed by atoms with E-state index in [1.807, 2.05) is 20.0 Å². The molecule has 96 valence electrons. The van der Waals surface area contributed by atoms with Crippen LogP contribution < -0.4 is 11.1 Å². The van der Waals surface area contributed by atoms with Gasteiger partial charge in [-0.15, -0.1) is 0 Å². The number of nitrogens with zero attached hydrogens (tertiary/aromatic N) is 4. The summed E-state index contributed by atoms with van der Waals surface area (Å²) in [6, 6.07) is 3.48. The third-order valence-corrected chi connectivity index (χ3v) is 2.53. The molecule has 0 atom stereocenters. The average Bonchev–Trinajstić information content (AvgIpc) is 2.86. The second-order valence-electron chi connectivity index (χ2n) is 3.97. The van der Waals surface area contributed by atoms with Crippen molar-refractivity contribution in [3.63, 3.8) is 0 Å². The minimum absolute atomic E-state index is 0.127. The summed E-state index contributed by atoms with van der Waals surface area (Å²) in [6.45, 7) is 4.73. The van der Waals surface area contributed by atoms with Crippen molar-refractivity contribution in [3.05, 3.63) is 24.0 Å². The molecule has 2 heterocycles. The van der Waals surface area contributed by atoms with Gasteiger partial charge in [0, 0.05) is 30.6 Å². The van der Waals surface area contributed by atoms with Crippen LogP contribution in [0.5, 0.6) is 0 Å². The van der Waals surface area contributed by atoms with Crippen LogP contribution in [0.1, 0.15) is 12.6 Å². The van der Waals surface area contributed by atoms with Gasteiger partial charge in [-0.25, -0.2) is 0 Å². The van der Waals surface area contributed by atoms with Crippen LogP contribution in [0, 0.1) is 6.92 Å². The third-order valence-electron chi connectivity index (χ3n) is 2.53. The van der Waals surface area contributed by atoms with E-state index in [9.17, 15) is 4.79 Å². The maximum atomic E-state index is 11.8. The number of nitrogens with two attached hydrogens (primary N) is 1. The zero-order valence-electron chi connectivity index (χ0n) is 10.4. The van der Waals surface area contributed by atoms with Crippen LogP contribution >= 0.6 is 0 Å². The molecule has 0 spiro atoms. The highest BCUT2D eigenvalue weighted by molar-refractivity contribution is 5.89. The molecule has 0 aliphatic carbocycles. The van der Waals surface area contributed by atoms with E-state index in [0.29, 0.717) is 11.6 Å². The summed E-state index contributed by atoms with van der Waals surface area (Å²) < 4.78 is 3.30. The first-order valence-corrected chi connectivity index (χ1v) is 5.71. The Morgan fingerprint density at radius 3 is 2.83 bits per heavy atom. The average molecular weight is 248 g/mol. The van der Waals surface area contributed by atoms with Gasteiger partial charge in [0.25, 0.3) is 0 Å². The molecule has 0 bridgehead atoms. The Morgan fingerprint density at radius 2 is 2.28 bits per heavy atom. The highest BCUT2D eigenvalue weighted by Crippen LogP contribution is 2.06. The molecule has 7 nitrogen and oxygen atoms in total. The molecule has 1 amide bonds. The van der Waals surface area contributed by atoms with E-state index in [4.69, 9.17) is 5.73 Å². The van der Waals surface area contributed by atoms with E-state index in [2.05, 4.69) is 15.5 Å². The van der Waals surface area contributed by atoms with Crippen LogP contribution in [0.15, 0.2) is 18.3 Å².